The van der Waals surface area contributed by atoms with Crippen molar-refractivity contribution in [3.05, 3.63) is 29.8 Å². The highest BCUT2D eigenvalue weighted by Crippen LogP contribution is 2.35. The monoisotopic (exact) mass is 397 g/mol. The molecule has 2 fully saturated rings. The van der Waals surface area contributed by atoms with Gasteiger partial charge in [-0.2, -0.15) is 0 Å². The second-order valence-corrected chi connectivity index (χ2v) is 9.43. The minimum atomic E-state index is -3.09. The number of hydrogen-bond donors (Lipinski definition) is 0. The predicted octanol–water partition coefficient (Wildman–Crippen LogP) is 2.70. The highest BCUT2D eigenvalue weighted by molar-refractivity contribution is 7.90. The number of sulfone groups is 1. The number of methoxy groups -OCH3 is 1. The maximum absolute atomic E-state index is 12.0. The van der Waals surface area contributed by atoms with Crippen LogP contribution in [0.3, 0.4) is 0 Å². The molecule has 1 heterocycles. The summed E-state index contributed by atoms with van der Waals surface area (Å²) in [6, 6.07) is 8.04. The van der Waals surface area contributed by atoms with E-state index >= 15 is 0 Å². The highest BCUT2D eigenvalue weighted by atomic mass is 32.2. The van der Waals surface area contributed by atoms with Gasteiger partial charge in [-0.15, -0.1) is 0 Å². The Morgan fingerprint density at radius 1 is 1.15 bits per heavy atom. The molecule has 1 aromatic rings. The van der Waals surface area contributed by atoms with Gasteiger partial charge in [-0.1, -0.05) is 12.1 Å². The van der Waals surface area contributed by atoms with Crippen LogP contribution in [-0.4, -0.2) is 59.2 Å². The molecule has 2 aliphatic rings. The summed E-state index contributed by atoms with van der Waals surface area (Å²) >= 11 is 0. The number of nitrogens with zero attached hydrogens (tertiary/aromatic N) is 1. The number of carbonyl (C=O) groups excluding carboxylic acids is 1. The van der Waals surface area contributed by atoms with Gasteiger partial charge in [-0.3, -0.25) is 4.90 Å². The molecule has 0 spiro atoms. The van der Waals surface area contributed by atoms with Crippen LogP contribution in [0, 0.1) is 0 Å². The van der Waals surface area contributed by atoms with Crippen molar-refractivity contribution in [1.82, 2.24) is 0 Å². The lowest BCUT2D eigenvalue weighted by atomic mass is 9.82. The lowest BCUT2D eigenvalue weighted by Crippen LogP contribution is -2.25. The summed E-state index contributed by atoms with van der Waals surface area (Å²) in [5, 5.41) is 0. The van der Waals surface area contributed by atoms with Crippen molar-refractivity contribution in [3.8, 4) is 0 Å². The Morgan fingerprint density at radius 3 is 2.41 bits per heavy atom. The molecule has 8 heteroatoms. The van der Waals surface area contributed by atoms with Crippen molar-refractivity contribution in [2.75, 3.05) is 37.4 Å². The molecule has 0 N–H and O–H groups in total. The van der Waals surface area contributed by atoms with E-state index in [9.17, 15) is 13.2 Å². The minimum absolute atomic E-state index is 0.0207. The first-order valence-electron chi connectivity index (χ1n) is 9.22. The third-order valence-corrected chi connectivity index (χ3v) is 5.66. The molecule has 1 aromatic carbocycles. The van der Waals surface area contributed by atoms with E-state index < -0.39 is 9.84 Å². The zero-order valence-corrected chi connectivity index (χ0v) is 16.6. The second kappa shape index (κ2) is 8.58. The molecule has 150 valence electrons. The standard InChI is InChI=1S/C19H27NO6S/c1-24-12-18-11-20(19(21)26-18)16-7-3-14(4-8-16)15-5-9-17(10-6-15)25-13-27(2,22)23/h3-4,7-8,15,17-18H,5-6,9-13H2,1-2H3/t15-,17-,18?. The number of ether oxygens (including phenoxy) is 3. The van der Waals surface area contributed by atoms with E-state index in [-0.39, 0.29) is 24.2 Å². The number of amides is 1. The van der Waals surface area contributed by atoms with E-state index in [0.717, 1.165) is 31.4 Å². The Kier molecular flexibility index (Phi) is 6.39. The molecule has 0 aromatic heterocycles. The van der Waals surface area contributed by atoms with Crippen molar-refractivity contribution in [2.45, 2.75) is 43.8 Å². The molecule has 1 aliphatic heterocycles. The van der Waals surface area contributed by atoms with Crippen LogP contribution in [0.2, 0.25) is 0 Å². The normalized spacial score (nSPS) is 26.2. The third-order valence-electron chi connectivity index (χ3n) is 5.09. The molecule has 7 nitrogen and oxygen atoms in total. The molecule has 1 saturated carbocycles. The molecule has 1 atom stereocenters. The van der Waals surface area contributed by atoms with Crippen LogP contribution in [-0.2, 0) is 24.0 Å². The van der Waals surface area contributed by atoms with Gasteiger partial charge in [0.05, 0.1) is 19.3 Å². The molecule has 1 amide bonds. The van der Waals surface area contributed by atoms with Crippen LogP contribution in [0.4, 0.5) is 10.5 Å². The molecule has 0 radical (unpaired) electrons. The van der Waals surface area contributed by atoms with Crippen molar-refractivity contribution in [3.63, 3.8) is 0 Å². The fourth-order valence-corrected chi connectivity index (χ4v) is 4.15. The van der Waals surface area contributed by atoms with Gasteiger partial charge in [0, 0.05) is 19.1 Å². The summed E-state index contributed by atoms with van der Waals surface area (Å²) in [6.45, 7) is 0.889. The van der Waals surface area contributed by atoms with Crippen LogP contribution in [0.1, 0.15) is 37.2 Å². The Labute approximate surface area is 160 Å². The first-order chi connectivity index (χ1) is 12.9. The van der Waals surface area contributed by atoms with Crippen molar-refractivity contribution in [1.29, 1.82) is 0 Å². The van der Waals surface area contributed by atoms with E-state index in [2.05, 4.69) is 12.1 Å². The van der Waals surface area contributed by atoms with Gasteiger partial charge in [0.25, 0.3) is 0 Å². The van der Waals surface area contributed by atoms with Crippen molar-refractivity contribution in [2.24, 2.45) is 0 Å². The first-order valence-corrected chi connectivity index (χ1v) is 11.3. The fraction of sp³-hybridized carbons (Fsp3) is 0.632. The molecule has 3 rings (SSSR count). The summed E-state index contributed by atoms with van der Waals surface area (Å²) in [5.74, 6) is 0.233. The molecule has 1 aliphatic carbocycles. The topological polar surface area (TPSA) is 82.1 Å². The van der Waals surface area contributed by atoms with Crippen LogP contribution in [0.5, 0.6) is 0 Å². The second-order valence-electron chi connectivity index (χ2n) is 7.35. The summed E-state index contributed by atoms with van der Waals surface area (Å²) in [6.07, 6.45) is 4.29. The number of rotatable bonds is 7. The zero-order valence-electron chi connectivity index (χ0n) is 15.8. The fourth-order valence-electron chi connectivity index (χ4n) is 3.71. The summed E-state index contributed by atoms with van der Waals surface area (Å²) in [4.78, 5) is 13.6. The van der Waals surface area contributed by atoms with Crippen LogP contribution in [0.15, 0.2) is 24.3 Å². The average Bonchev–Trinajstić information content (AvgIpc) is 3.01. The molecule has 1 saturated heterocycles. The predicted molar refractivity (Wildman–Crippen MR) is 102 cm³/mol. The summed E-state index contributed by atoms with van der Waals surface area (Å²) < 4.78 is 38.3. The maximum atomic E-state index is 12.0. The van der Waals surface area contributed by atoms with Gasteiger partial charge >= 0.3 is 6.09 Å². The van der Waals surface area contributed by atoms with Gasteiger partial charge < -0.3 is 14.2 Å². The molecule has 27 heavy (non-hydrogen) atoms. The van der Waals surface area contributed by atoms with Crippen LogP contribution >= 0.6 is 0 Å². The highest BCUT2D eigenvalue weighted by Gasteiger charge is 2.32. The summed E-state index contributed by atoms with van der Waals surface area (Å²) in [5.41, 5.74) is 2.06. The Morgan fingerprint density at radius 2 is 1.81 bits per heavy atom. The van der Waals surface area contributed by atoms with E-state index in [0.29, 0.717) is 19.1 Å². The first kappa shape index (κ1) is 20.1. The number of anilines is 1. The maximum Gasteiger partial charge on any atom is 0.414 e. The lowest BCUT2D eigenvalue weighted by molar-refractivity contribution is 0.0524. The zero-order chi connectivity index (χ0) is 19.4. The molecule has 1 unspecified atom stereocenters. The Hall–Kier alpha value is -1.64. The number of carbonyl (C=O) groups is 1. The van der Waals surface area contributed by atoms with Gasteiger partial charge in [0.15, 0.2) is 9.84 Å². The number of hydrogen-bond acceptors (Lipinski definition) is 6. The lowest BCUT2D eigenvalue weighted by Gasteiger charge is -2.28. The smallest absolute Gasteiger partial charge is 0.414 e. The van der Waals surface area contributed by atoms with Crippen LogP contribution < -0.4 is 4.90 Å². The Balaban J connectivity index is 1.53. The van der Waals surface area contributed by atoms with Gasteiger partial charge in [-0.05, 0) is 49.3 Å². The van der Waals surface area contributed by atoms with Crippen LogP contribution in [0.25, 0.3) is 0 Å². The third kappa shape index (κ3) is 5.43. The van der Waals surface area contributed by atoms with E-state index in [4.69, 9.17) is 14.2 Å². The quantitative estimate of drug-likeness (QED) is 0.704. The van der Waals surface area contributed by atoms with Crippen molar-refractivity contribution < 1.29 is 27.4 Å². The van der Waals surface area contributed by atoms with E-state index in [1.165, 1.54) is 11.8 Å². The summed E-state index contributed by atoms with van der Waals surface area (Å²) in [7, 11) is -1.50. The number of benzene rings is 1. The average molecular weight is 397 g/mol. The minimum Gasteiger partial charge on any atom is -0.441 e. The van der Waals surface area contributed by atoms with Gasteiger partial charge in [0.2, 0.25) is 0 Å². The van der Waals surface area contributed by atoms with Gasteiger partial charge in [-0.25, -0.2) is 13.2 Å². The number of cyclic esters (lactones) is 1. The van der Waals surface area contributed by atoms with E-state index in [1.807, 2.05) is 12.1 Å². The molecule has 0 bridgehead atoms. The van der Waals surface area contributed by atoms with Gasteiger partial charge in [0.1, 0.15) is 12.0 Å². The SMILES string of the molecule is COCC1CN(c2ccc([C@H]3CC[C@H](OCS(C)(=O)=O)CC3)cc2)C(=O)O1. The van der Waals surface area contributed by atoms with E-state index in [1.54, 1.807) is 12.0 Å². The molecular formula is C19H27NO6S. The molecular weight excluding hydrogens is 370 g/mol. The van der Waals surface area contributed by atoms with Crippen molar-refractivity contribution >= 4 is 21.6 Å². The largest absolute Gasteiger partial charge is 0.441 e. The Bertz CT molecular complexity index is 740.